The number of anilines is 2. The van der Waals surface area contributed by atoms with Gasteiger partial charge in [-0.25, -0.2) is 4.68 Å². The van der Waals surface area contributed by atoms with Gasteiger partial charge in [0.05, 0.1) is 6.54 Å². The number of hydrogen-bond acceptors (Lipinski definition) is 4. The number of benzene rings is 2. The minimum atomic E-state index is -0.426. The first-order valence-electron chi connectivity index (χ1n) is 9.24. The Morgan fingerprint density at radius 1 is 0.931 bits per heavy atom. The van der Waals surface area contributed by atoms with E-state index in [0.29, 0.717) is 5.69 Å². The summed E-state index contributed by atoms with van der Waals surface area (Å²) < 4.78 is 1.13. The first-order chi connectivity index (χ1) is 13.9. The third-order valence-corrected chi connectivity index (χ3v) is 4.56. The van der Waals surface area contributed by atoms with Crippen molar-refractivity contribution < 1.29 is 9.59 Å². The van der Waals surface area contributed by atoms with Gasteiger partial charge in [-0.2, -0.15) is 5.10 Å². The molecule has 0 aliphatic carbocycles. The molecule has 3 aromatic rings. The van der Waals surface area contributed by atoms with Crippen molar-refractivity contribution in [3.05, 3.63) is 87.8 Å². The number of carbonyl (C=O) groups is 2. The molecule has 29 heavy (non-hydrogen) atoms. The van der Waals surface area contributed by atoms with Crippen molar-refractivity contribution in [2.24, 2.45) is 0 Å². The molecular formula is C22H22N4O3. The molecule has 0 fully saturated rings. The number of rotatable bonds is 6. The van der Waals surface area contributed by atoms with E-state index in [1.807, 2.05) is 38.1 Å². The second kappa shape index (κ2) is 8.97. The maximum Gasteiger partial charge on any atom is 0.276 e. The monoisotopic (exact) mass is 390 g/mol. The van der Waals surface area contributed by atoms with E-state index in [2.05, 4.69) is 15.7 Å². The Labute approximate surface area is 168 Å². The van der Waals surface area contributed by atoms with Gasteiger partial charge in [0.2, 0.25) is 5.91 Å². The van der Waals surface area contributed by atoms with Crippen molar-refractivity contribution in [1.82, 2.24) is 9.78 Å². The Bertz CT molecular complexity index is 1090. The predicted octanol–water partition coefficient (Wildman–Crippen LogP) is 3.14. The van der Waals surface area contributed by atoms with Crippen LogP contribution in [-0.2, 0) is 11.3 Å². The number of carbonyl (C=O) groups excluding carboxylic acids is 2. The lowest BCUT2D eigenvalue weighted by Gasteiger charge is -2.11. The summed E-state index contributed by atoms with van der Waals surface area (Å²) in [6.07, 6.45) is 0.0596. The summed E-state index contributed by atoms with van der Waals surface area (Å²) >= 11 is 0. The van der Waals surface area contributed by atoms with E-state index in [4.69, 9.17) is 0 Å². The zero-order valence-corrected chi connectivity index (χ0v) is 16.3. The second-order valence-electron chi connectivity index (χ2n) is 6.65. The SMILES string of the molecule is Cc1cccc(NC(=O)CCn2nc(C(=O)Nc3ccccc3)ccc2=O)c1C. The van der Waals surface area contributed by atoms with Crippen molar-refractivity contribution in [2.45, 2.75) is 26.8 Å². The lowest BCUT2D eigenvalue weighted by molar-refractivity contribution is -0.116. The van der Waals surface area contributed by atoms with Crippen LogP contribution in [0.4, 0.5) is 11.4 Å². The fourth-order valence-corrected chi connectivity index (χ4v) is 2.75. The van der Waals surface area contributed by atoms with Gasteiger partial charge in [-0.3, -0.25) is 14.4 Å². The van der Waals surface area contributed by atoms with Crippen LogP contribution in [-0.4, -0.2) is 21.6 Å². The molecule has 0 spiro atoms. The smallest absolute Gasteiger partial charge is 0.276 e. The molecule has 0 aliphatic heterocycles. The Hall–Kier alpha value is -3.74. The van der Waals surface area contributed by atoms with Crippen LogP contribution in [0.15, 0.2) is 65.5 Å². The lowest BCUT2D eigenvalue weighted by atomic mass is 10.1. The highest BCUT2D eigenvalue weighted by Crippen LogP contribution is 2.18. The topological polar surface area (TPSA) is 93.1 Å². The predicted molar refractivity (Wildman–Crippen MR) is 112 cm³/mol. The molecule has 148 valence electrons. The quantitative estimate of drug-likeness (QED) is 0.676. The molecule has 0 unspecified atom stereocenters. The molecule has 0 radical (unpaired) electrons. The van der Waals surface area contributed by atoms with E-state index in [1.54, 1.807) is 24.3 Å². The molecule has 0 saturated carbocycles. The highest BCUT2D eigenvalue weighted by Gasteiger charge is 2.12. The molecule has 1 aromatic heterocycles. The molecule has 0 aliphatic rings. The van der Waals surface area contributed by atoms with Gasteiger partial charge in [0, 0.05) is 23.9 Å². The average Bonchev–Trinajstić information content (AvgIpc) is 2.71. The van der Waals surface area contributed by atoms with Crippen LogP contribution < -0.4 is 16.2 Å². The molecule has 7 nitrogen and oxygen atoms in total. The Morgan fingerprint density at radius 2 is 1.69 bits per heavy atom. The van der Waals surface area contributed by atoms with Gasteiger partial charge in [0.25, 0.3) is 11.5 Å². The van der Waals surface area contributed by atoms with Crippen LogP contribution in [0.3, 0.4) is 0 Å². The summed E-state index contributed by atoms with van der Waals surface area (Å²) in [6.45, 7) is 3.98. The van der Waals surface area contributed by atoms with Crippen LogP contribution >= 0.6 is 0 Å². The first-order valence-corrected chi connectivity index (χ1v) is 9.24. The highest BCUT2D eigenvalue weighted by atomic mass is 16.2. The highest BCUT2D eigenvalue weighted by molar-refractivity contribution is 6.02. The summed E-state index contributed by atoms with van der Waals surface area (Å²) in [7, 11) is 0. The van der Waals surface area contributed by atoms with Gasteiger partial charge >= 0.3 is 0 Å². The van der Waals surface area contributed by atoms with Crippen LogP contribution in [0.2, 0.25) is 0 Å². The molecule has 0 atom stereocenters. The largest absolute Gasteiger partial charge is 0.326 e. The van der Waals surface area contributed by atoms with Crippen molar-refractivity contribution in [1.29, 1.82) is 0 Å². The standard InChI is InChI=1S/C22H22N4O3/c1-15-7-6-10-18(16(15)2)24-20(27)13-14-26-21(28)12-11-19(25-26)22(29)23-17-8-4-3-5-9-17/h3-12H,13-14H2,1-2H3,(H,23,29)(H,24,27). The number of hydrogen-bond donors (Lipinski definition) is 2. The molecular weight excluding hydrogens is 368 g/mol. The summed E-state index contributed by atoms with van der Waals surface area (Å²) in [5.41, 5.74) is 3.17. The minimum absolute atomic E-state index is 0.0596. The third kappa shape index (κ3) is 5.16. The normalized spacial score (nSPS) is 10.4. The van der Waals surface area contributed by atoms with E-state index in [-0.39, 0.29) is 30.1 Å². The van der Waals surface area contributed by atoms with Gasteiger partial charge in [-0.05, 0) is 49.2 Å². The number of nitrogens with one attached hydrogen (secondary N) is 2. The van der Waals surface area contributed by atoms with Gasteiger partial charge in [0.15, 0.2) is 0 Å². The summed E-state index contributed by atoms with van der Waals surface area (Å²) in [4.78, 5) is 36.7. The Morgan fingerprint density at radius 3 is 2.45 bits per heavy atom. The molecule has 2 amide bonds. The zero-order valence-electron chi connectivity index (χ0n) is 16.3. The van der Waals surface area contributed by atoms with E-state index < -0.39 is 5.91 Å². The number of aromatic nitrogens is 2. The fraction of sp³-hybridized carbons (Fsp3) is 0.182. The average molecular weight is 390 g/mol. The first kappa shape index (κ1) is 20.0. The maximum atomic E-state index is 12.4. The molecule has 0 bridgehead atoms. The second-order valence-corrected chi connectivity index (χ2v) is 6.65. The fourth-order valence-electron chi connectivity index (χ4n) is 2.75. The maximum absolute atomic E-state index is 12.4. The van der Waals surface area contributed by atoms with E-state index in [0.717, 1.165) is 21.5 Å². The van der Waals surface area contributed by atoms with Crippen molar-refractivity contribution in [2.75, 3.05) is 10.6 Å². The molecule has 2 N–H and O–H groups in total. The molecule has 2 aromatic carbocycles. The van der Waals surface area contributed by atoms with E-state index in [1.165, 1.54) is 12.1 Å². The van der Waals surface area contributed by atoms with E-state index in [9.17, 15) is 14.4 Å². The van der Waals surface area contributed by atoms with Crippen LogP contribution in [0.5, 0.6) is 0 Å². The third-order valence-electron chi connectivity index (χ3n) is 4.56. The summed E-state index contributed by atoms with van der Waals surface area (Å²) in [6, 6.07) is 17.3. The van der Waals surface area contributed by atoms with Crippen molar-refractivity contribution in [3.8, 4) is 0 Å². The zero-order chi connectivity index (χ0) is 20.8. The molecule has 1 heterocycles. The van der Waals surface area contributed by atoms with Gasteiger partial charge in [-0.1, -0.05) is 30.3 Å². The van der Waals surface area contributed by atoms with Crippen LogP contribution in [0.1, 0.15) is 28.0 Å². The molecule has 7 heteroatoms. The Balaban J connectivity index is 1.65. The number of para-hydroxylation sites is 1. The molecule has 3 rings (SSSR count). The summed E-state index contributed by atoms with van der Waals surface area (Å²) in [5, 5.41) is 9.66. The number of nitrogens with zero attached hydrogens (tertiary/aromatic N) is 2. The number of amides is 2. The van der Waals surface area contributed by atoms with Gasteiger partial charge in [-0.15, -0.1) is 0 Å². The van der Waals surface area contributed by atoms with Crippen molar-refractivity contribution in [3.63, 3.8) is 0 Å². The van der Waals surface area contributed by atoms with Gasteiger partial charge < -0.3 is 10.6 Å². The van der Waals surface area contributed by atoms with Crippen LogP contribution in [0.25, 0.3) is 0 Å². The summed E-state index contributed by atoms with van der Waals surface area (Å²) in [5.74, 6) is -0.656. The minimum Gasteiger partial charge on any atom is -0.326 e. The Kier molecular flexibility index (Phi) is 6.19. The van der Waals surface area contributed by atoms with E-state index >= 15 is 0 Å². The molecule has 0 saturated heterocycles. The van der Waals surface area contributed by atoms with Crippen LogP contribution in [0, 0.1) is 13.8 Å². The van der Waals surface area contributed by atoms with Gasteiger partial charge in [0.1, 0.15) is 5.69 Å². The van der Waals surface area contributed by atoms with Crippen molar-refractivity contribution >= 4 is 23.2 Å². The number of aryl methyl sites for hydroxylation is 2. The lowest BCUT2D eigenvalue weighted by Crippen LogP contribution is -2.28.